The molecule has 0 atom stereocenters. The number of hydrogen-bond donors (Lipinski definition) is 2. The molecule has 0 aliphatic rings. The van der Waals surface area contributed by atoms with Gasteiger partial charge in [-0.05, 0) is 50.1 Å². The van der Waals surface area contributed by atoms with Crippen molar-refractivity contribution < 1.29 is 9.53 Å². The number of aromatic nitrogens is 1. The van der Waals surface area contributed by atoms with Crippen LogP contribution in [-0.2, 0) is 6.42 Å². The van der Waals surface area contributed by atoms with E-state index in [-0.39, 0.29) is 12.0 Å². The molecular weight excluding hydrogens is 350 g/mol. The number of nitrogens with one attached hydrogen (secondary N) is 2. The number of para-hydroxylation sites is 2. The van der Waals surface area contributed by atoms with Crippen LogP contribution in [-0.4, -0.2) is 23.5 Å². The molecule has 3 rings (SSSR count). The van der Waals surface area contributed by atoms with Crippen LogP contribution >= 0.6 is 0 Å². The molecule has 0 spiro atoms. The highest BCUT2D eigenvalue weighted by atomic mass is 16.5. The molecule has 0 bridgehead atoms. The molecule has 3 aromatic rings. The van der Waals surface area contributed by atoms with E-state index in [1.165, 1.54) is 5.56 Å². The highest BCUT2D eigenvalue weighted by molar-refractivity contribution is 5.93. The van der Waals surface area contributed by atoms with E-state index in [0.29, 0.717) is 12.2 Å². The lowest BCUT2D eigenvalue weighted by atomic mass is 10.1. The summed E-state index contributed by atoms with van der Waals surface area (Å²) >= 11 is 0. The Bertz CT molecular complexity index is 910. The van der Waals surface area contributed by atoms with Gasteiger partial charge in [-0.15, -0.1) is 0 Å². The molecule has 0 aliphatic carbocycles. The Labute approximate surface area is 165 Å². The van der Waals surface area contributed by atoms with Gasteiger partial charge in [-0.1, -0.05) is 42.5 Å². The number of pyridine rings is 1. The molecule has 1 amide bonds. The fourth-order valence-corrected chi connectivity index (χ4v) is 2.77. The van der Waals surface area contributed by atoms with Gasteiger partial charge in [0.05, 0.1) is 11.8 Å². The number of hydrogen-bond acceptors (Lipinski definition) is 4. The molecule has 0 aliphatic heterocycles. The first-order valence-corrected chi connectivity index (χ1v) is 9.42. The van der Waals surface area contributed by atoms with Gasteiger partial charge in [-0.25, -0.2) is 0 Å². The van der Waals surface area contributed by atoms with Crippen molar-refractivity contribution in [1.29, 1.82) is 0 Å². The highest BCUT2D eigenvalue weighted by Crippen LogP contribution is 2.28. The van der Waals surface area contributed by atoms with Gasteiger partial charge in [0.1, 0.15) is 11.4 Å². The van der Waals surface area contributed by atoms with Crippen LogP contribution in [0.5, 0.6) is 5.75 Å². The van der Waals surface area contributed by atoms with Gasteiger partial charge in [-0.3, -0.25) is 9.78 Å². The predicted octanol–water partition coefficient (Wildman–Crippen LogP) is 4.58. The summed E-state index contributed by atoms with van der Waals surface area (Å²) in [5.74, 6) is 0.578. The zero-order valence-corrected chi connectivity index (χ0v) is 16.2. The van der Waals surface area contributed by atoms with E-state index in [1.807, 2.05) is 74.5 Å². The minimum absolute atomic E-state index is 0.0753. The van der Waals surface area contributed by atoms with Crippen LogP contribution in [0.1, 0.15) is 29.9 Å². The van der Waals surface area contributed by atoms with E-state index in [1.54, 1.807) is 12.3 Å². The van der Waals surface area contributed by atoms with Crippen molar-refractivity contribution in [2.45, 2.75) is 26.4 Å². The molecule has 28 heavy (non-hydrogen) atoms. The Hall–Kier alpha value is -3.34. The third-order valence-corrected chi connectivity index (χ3v) is 4.06. The topological polar surface area (TPSA) is 63.2 Å². The van der Waals surface area contributed by atoms with Gasteiger partial charge in [0.25, 0.3) is 5.91 Å². The number of carbonyl (C=O) groups excluding carboxylic acids is 1. The quantitative estimate of drug-likeness (QED) is 0.605. The predicted molar refractivity (Wildman–Crippen MR) is 112 cm³/mol. The van der Waals surface area contributed by atoms with E-state index in [0.717, 1.165) is 23.5 Å². The van der Waals surface area contributed by atoms with Crippen molar-refractivity contribution in [3.05, 3.63) is 84.2 Å². The van der Waals surface area contributed by atoms with Gasteiger partial charge >= 0.3 is 0 Å². The van der Waals surface area contributed by atoms with Crippen LogP contribution in [0.2, 0.25) is 0 Å². The maximum absolute atomic E-state index is 12.4. The average molecular weight is 375 g/mol. The molecule has 2 aromatic carbocycles. The molecule has 2 N–H and O–H groups in total. The van der Waals surface area contributed by atoms with Crippen LogP contribution in [0.4, 0.5) is 11.4 Å². The second kappa shape index (κ2) is 9.55. The van der Waals surface area contributed by atoms with Gasteiger partial charge in [0.2, 0.25) is 0 Å². The van der Waals surface area contributed by atoms with Crippen LogP contribution in [0.3, 0.4) is 0 Å². The lowest BCUT2D eigenvalue weighted by molar-refractivity contribution is 0.0949. The van der Waals surface area contributed by atoms with E-state index >= 15 is 0 Å². The number of rotatable bonds is 8. The maximum atomic E-state index is 12.4. The van der Waals surface area contributed by atoms with Crippen molar-refractivity contribution >= 4 is 17.3 Å². The molecule has 0 saturated heterocycles. The van der Waals surface area contributed by atoms with Crippen LogP contribution in [0.25, 0.3) is 0 Å². The third-order valence-electron chi connectivity index (χ3n) is 4.06. The molecule has 0 fully saturated rings. The van der Waals surface area contributed by atoms with Crippen LogP contribution < -0.4 is 15.4 Å². The minimum Gasteiger partial charge on any atom is -0.489 e. The lowest BCUT2D eigenvalue weighted by Crippen LogP contribution is -2.26. The molecule has 1 aromatic heterocycles. The minimum atomic E-state index is -0.189. The Balaban J connectivity index is 1.63. The van der Waals surface area contributed by atoms with Crippen molar-refractivity contribution in [1.82, 2.24) is 10.3 Å². The summed E-state index contributed by atoms with van der Waals surface area (Å²) in [5, 5.41) is 6.23. The molecular formula is C23H25N3O2. The fraction of sp³-hybridized carbons (Fsp3) is 0.217. The zero-order chi connectivity index (χ0) is 19.8. The molecule has 144 valence electrons. The van der Waals surface area contributed by atoms with E-state index in [9.17, 15) is 4.79 Å². The van der Waals surface area contributed by atoms with E-state index in [4.69, 9.17) is 4.74 Å². The number of benzene rings is 2. The Morgan fingerprint density at radius 1 is 1.04 bits per heavy atom. The molecule has 1 heterocycles. The largest absolute Gasteiger partial charge is 0.489 e. The first kappa shape index (κ1) is 19.4. The summed E-state index contributed by atoms with van der Waals surface area (Å²) in [4.78, 5) is 16.6. The Kier molecular flexibility index (Phi) is 6.63. The maximum Gasteiger partial charge on any atom is 0.269 e. The van der Waals surface area contributed by atoms with Gasteiger partial charge in [0, 0.05) is 18.4 Å². The monoisotopic (exact) mass is 375 g/mol. The van der Waals surface area contributed by atoms with Crippen molar-refractivity contribution in [2.75, 3.05) is 11.9 Å². The Morgan fingerprint density at radius 3 is 2.57 bits per heavy atom. The molecule has 0 unspecified atom stereocenters. The standard InChI is InChI=1S/C23H25N3O2/c1-17(2)28-22-11-7-6-10-20(22)26-19-13-15-24-21(16-19)23(27)25-14-12-18-8-4-3-5-9-18/h3-11,13,15-17H,12,14H2,1-2H3,(H,24,26)(H,25,27). The zero-order valence-electron chi connectivity index (χ0n) is 16.2. The van der Waals surface area contributed by atoms with E-state index in [2.05, 4.69) is 15.6 Å². The number of ether oxygens (including phenoxy) is 1. The smallest absolute Gasteiger partial charge is 0.269 e. The first-order valence-electron chi connectivity index (χ1n) is 9.42. The van der Waals surface area contributed by atoms with Gasteiger partial charge < -0.3 is 15.4 Å². The number of carbonyl (C=O) groups is 1. The fourth-order valence-electron chi connectivity index (χ4n) is 2.77. The van der Waals surface area contributed by atoms with Gasteiger partial charge in [0.15, 0.2) is 0 Å². The number of nitrogens with zero attached hydrogens (tertiary/aromatic N) is 1. The summed E-state index contributed by atoms with van der Waals surface area (Å²) in [6, 6.07) is 21.4. The molecule has 0 radical (unpaired) electrons. The second-order valence-electron chi connectivity index (χ2n) is 6.71. The summed E-state index contributed by atoms with van der Waals surface area (Å²) < 4.78 is 5.83. The normalized spacial score (nSPS) is 10.5. The molecule has 0 saturated carbocycles. The summed E-state index contributed by atoms with van der Waals surface area (Å²) in [7, 11) is 0. The van der Waals surface area contributed by atoms with Crippen molar-refractivity contribution in [3.8, 4) is 5.75 Å². The second-order valence-corrected chi connectivity index (χ2v) is 6.71. The summed E-state index contributed by atoms with van der Waals surface area (Å²) in [6.07, 6.45) is 2.48. The van der Waals surface area contributed by atoms with Crippen molar-refractivity contribution in [2.24, 2.45) is 0 Å². The SMILES string of the molecule is CC(C)Oc1ccccc1Nc1ccnc(C(=O)NCCc2ccccc2)c1. The van der Waals surface area contributed by atoms with E-state index < -0.39 is 0 Å². The Morgan fingerprint density at radius 2 is 1.79 bits per heavy atom. The molecule has 5 nitrogen and oxygen atoms in total. The first-order chi connectivity index (χ1) is 13.6. The summed E-state index contributed by atoms with van der Waals surface area (Å²) in [5.41, 5.74) is 3.19. The van der Waals surface area contributed by atoms with Crippen molar-refractivity contribution in [3.63, 3.8) is 0 Å². The van der Waals surface area contributed by atoms with Gasteiger partial charge in [-0.2, -0.15) is 0 Å². The molecule has 5 heteroatoms. The third kappa shape index (κ3) is 5.58. The number of anilines is 2. The number of amides is 1. The summed E-state index contributed by atoms with van der Waals surface area (Å²) in [6.45, 7) is 4.54. The lowest BCUT2D eigenvalue weighted by Gasteiger charge is -2.15. The average Bonchev–Trinajstić information content (AvgIpc) is 2.70. The van der Waals surface area contributed by atoms with Crippen LogP contribution in [0.15, 0.2) is 72.9 Å². The highest BCUT2D eigenvalue weighted by Gasteiger charge is 2.10. The van der Waals surface area contributed by atoms with Crippen LogP contribution in [0, 0.1) is 0 Å².